The van der Waals surface area contributed by atoms with Gasteiger partial charge in [-0.25, -0.2) is 0 Å². The molecule has 0 saturated carbocycles. The van der Waals surface area contributed by atoms with Crippen molar-refractivity contribution in [2.45, 2.75) is 26.4 Å². The van der Waals surface area contributed by atoms with Gasteiger partial charge in [-0.15, -0.1) is 0 Å². The molecule has 1 N–H and O–H groups in total. The highest BCUT2D eigenvalue weighted by atomic mass is 16.2. The standard InChI is InChI=1S/C17H22N4O2/c1-14-10-19-21(11-14)13-16(22)18-9-8-17(23)20(2)12-15-6-4-3-5-7-15/h3-7,10-11H,8-9,12-13H2,1-2H3,(H,18,22). The lowest BCUT2D eigenvalue weighted by Crippen LogP contribution is -2.33. The molecule has 0 unspecified atom stereocenters. The molecule has 0 spiro atoms. The summed E-state index contributed by atoms with van der Waals surface area (Å²) in [7, 11) is 1.77. The molecule has 0 saturated heterocycles. The van der Waals surface area contributed by atoms with Crippen molar-refractivity contribution in [2.75, 3.05) is 13.6 Å². The summed E-state index contributed by atoms with van der Waals surface area (Å²) in [6, 6.07) is 9.81. The van der Waals surface area contributed by atoms with Gasteiger partial charge < -0.3 is 10.2 Å². The Hall–Kier alpha value is -2.63. The van der Waals surface area contributed by atoms with Crippen molar-refractivity contribution in [3.05, 3.63) is 53.9 Å². The number of aryl methyl sites for hydroxylation is 1. The van der Waals surface area contributed by atoms with Crippen LogP contribution in [0.15, 0.2) is 42.7 Å². The molecule has 6 nitrogen and oxygen atoms in total. The van der Waals surface area contributed by atoms with E-state index in [0.29, 0.717) is 13.1 Å². The highest BCUT2D eigenvalue weighted by Gasteiger charge is 2.10. The summed E-state index contributed by atoms with van der Waals surface area (Å²) in [4.78, 5) is 25.5. The van der Waals surface area contributed by atoms with Crippen LogP contribution in [0.25, 0.3) is 0 Å². The molecule has 122 valence electrons. The van der Waals surface area contributed by atoms with E-state index in [2.05, 4.69) is 10.4 Å². The van der Waals surface area contributed by atoms with Gasteiger partial charge in [0, 0.05) is 32.8 Å². The minimum atomic E-state index is -0.147. The van der Waals surface area contributed by atoms with E-state index in [1.807, 2.05) is 37.3 Å². The predicted molar refractivity (Wildman–Crippen MR) is 87.5 cm³/mol. The molecule has 0 fully saturated rings. The van der Waals surface area contributed by atoms with E-state index in [4.69, 9.17) is 0 Å². The summed E-state index contributed by atoms with van der Waals surface area (Å²) >= 11 is 0. The van der Waals surface area contributed by atoms with Crippen LogP contribution in [-0.4, -0.2) is 40.1 Å². The molecule has 6 heteroatoms. The molecule has 0 bridgehead atoms. The summed E-state index contributed by atoms with van der Waals surface area (Å²) in [5.74, 6) is -0.143. The van der Waals surface area contributed by atoms with Gasteiger partial charge in [0.15, 0.2) is 0 Å². The third-order valence-corrected chi connectivity index (χ3v) is 3.42. The Kier molecular flexibility index (Phi) is 5.91. The van der Waals surface area contributed by atoms with E-state index in [-0.39, 0.29) is 24.8 Å². The van der Waals surface area contributed by atoms with Crippen LogP contribution in [0.4, 0.5) is 0 Å². The zero-order chi connectivity index (χ0) is 16.7. The highest BCUT2D eigenvalue weighted by Crippen LogP contribution is 2.03. The first-order valence-corrected chi connectivity index (χ1v) is 7.58. The van der Waals surface area contributed by atoms with Crippen molar-refractivity contribution in [2.24, 2.45) is 0 Å². The first kappa shape index (κ1) is 16.7. The van der Waals surface area contributed by atoms with Gasteiger partial charge in [0.25, 0.3) is 0 Å². The number of nitrogens with zero attached hydrogens (tertiary/aromatic N) is 3. The molecule has 2 rings (SSSR count). The van der Waals surface area contributed by atoms with Gasteiger partial charge in [0.05, 0.1) is 6.20 Å². The molecule has 0 aliphatic heterocycles. The number of amides is 2. The van der Waals surface area contributed by atoms with Crippen molar-refractivity contribution >= 4 is 11.8 Å². The van der Waals surface area contributed by atoms with E-state index in [0.717, 1.165) is 11.1 Å². The largest absolute Gasteiger partial charge is 0.354 e. The molecule has 23 heavy (non-hydrogen) atoms. The van der Waals surface area contributed by atoms with Crippen LogP contribution in [0.3, 0.4) is 0 Å². The average Bonchev–Trinajstić information content (AvgIpc) is 2.93. The Labute approximate surface area is 136 Å². The molecule has 0 aliphatic rings. The van der Waals surface area contributed by atoms with E-state index in [9.17, 15) is 9.59 Å². The van der Waals surface area contributed by atoms with Crippen LogP contribution < -0.4 is 5.32 Å². The molecule has 1 aromatic heterocycles. The smallest absolute Gasteiger partial charge is 0.241 e. The van der Waals surface area contributed by atoms with Gasteiger partial charge in [-0.05, 0) is 18.1 Å². The fourth-order valence-electron chi connectivity index (χ4n) is 2.20. The monoisotopic (exact) mass is 314 g/mol. The fraction of sp³-hybridized carbons (Fsp3) is 0.353. The molecule has 1 aromatic carbocycles. The second-order valence-electron chi connectivity index (χ2n) is 5.55. The Bertz CT molecular complexity index is 652. The SMILES string of the molecule is Cc1cnn(CC(=O)NCCC(=O)N(C)Cc2ccccc2)c1. The van der Waals surface area contributed by atoms with Gasteiger partial charge in [-0.1, -0.05) is 30.3 Å². The zero-order valence-corrected chi connectivity index (χ0v) is 13.5. The minimum absolute atomic E-state index is 0.00378. The molecule has 2 aromatic rings. The summed E-state index contributed by atoms with van der Waals surface area (Å²) < 4.78 is 1.58. The van der Waals surface area contributed by atoms with Crippen LogP contribution in [0.1, 0.15) is 17.5 Å². The van der Waals surface area contributed by atoms with Gasteiger partial charge >= 0.3 is 0 Å². The maximum absolute atomic E-state index is 12.0. The van der Waals surface area contributed by atoms with Gasteiger partial charge in [-0.3, -0.25) is 14.3 Å². The molecule has 0 aliphatic carbocycles. The van der Waals surface area contributed by atoms with Crippen LogP contribution in [0.2, 0.25) is 0 Å². The molecular formula is C17H22N4O2. The molecular weight excluding hydrogens is 292 g/mol. The van der Waals surface area contributed by atoms with Gasteiger partial charge in [0.1, 0.15) is 6.54 Å². The van der Waals surface area contributed by atoms with Crippen molar-refractivity contribution < 1.29 is 9.59 Å². The third kappa shape index (κ3) is 5.58. The Morgan fingerprint density at radius 3 is 2.65 bits per heavy atom. The highest BCUT2D eigenvalue weighted by molar-refractivity contribution is 5.78. The maximum atomic E-state index is 12.0. The Morgan fingerprint density at radius 2 is 2.00 bits per heavy atom. The summed E-state index contributed by atoms with van der Waals surface area (Å²) in [5, 5.41) is 6.80. The van der Waals surface area contributed by atoms with E-state index >= 15 is 0 Å². The normalized spacial score (nSPS) is 10.3. The van der Waals surface area contributed by atoms with Crippen molar-refractivity contribution in [1.82, 2.24) is 20.0 Å². The lowest BCUT2D eigenvalue weighted by atomic mass is 10.2. The summed E-state index contributed by atoms with van der Waals surface area (Å²) in [6.45, 7) is 2.99. The number of carbonyl (C=O) groups excluding carboxylic acids is 2. The average molecular weight is 314 g/mol. The van der Waals surface area contributed by atoms with E-state index < -0.39 is 0 Å². The quantitative estimate of drug-likeness (QED) is 0.839. The number of nitrogens with one attached hydrogen (secondary N) is 1. The van der Waals surface area contributed by atoms with Crippen LogP contribution in [0.5, 0.6) is 0 Å². The molecule has 2 amide bonds. The topological polar surface area (TPSA) is 67.2 Å². The van der Waals surface area contributed by atoms with Crippen molar-refractivity contribution in [3.63, 3.8) is 0 Å². The maximum Gasteiger partial charge on any atom is 0.241 e. The zero-order valence-electron chi connectivity index (χ0n) is 13.5. The second kappa shape index (κ2) is 8.12. The van der Waals surface area contributed by atoms with Crippen LogP contribution in [-0.2, 0) is 22.7 Å². The number of benzene rings is 1. The van der Waals surface area contributed by atoms with E-state index in [1.54, 1.807) is 29.0 Å². The Morgan fingerprint density at radius 1 is 1.26 bits per heavy atom. The second-order valence-corrected chi connectivity index (χ2v) is 5.55. The van der Waals surface area contributed by atoms with Crippen LogP contribution >= 0.6 is 0 Å². The number of carbonyl (C=O) groups is 2. The van der Waals surface area contributed by atoms with Crippen LogP contribution in [0, 0.1) is 6.92 Å². The van der Waals surface area contributed by atoms with Gasteiger partial charge in [0.2, 0.25) is 11.8 Å². The lowest BCUT2D eigenvalue weighted by Gasteiger charge is -2.17. The first-order chi connectivity index (χ1) is 11.0. The minimum Gasteiger partial charge on any atom is -0.354 e. The van der Waals surface area contributed by atoms with Crippen molar-refractivity contribution in [1.29, 1.82) is 0 Å². The third-order valence-electron chi connectivity index (χ3n) is 3.42. The number of rotatable bonds is 7. The van der Waals surface area contributed by atoms with Crippen molar-refractivity contribution in [3.8, 4) is 0 Å². The summed E-state index contributed by atoms with van der Waals surface area (Å²) in [6.07, 6.45) is 3.79. The molecule has 0 atom stereocenters. The number of hydrogen-bond acceptors (Lipinski definition) is 3. The van der Waals surface area contributed by atoms with Gasteiger partial charge in [-0.2, -0.15) is 5.10 Å². The number of aromatic nitrogens is 2. The first-order valence-electron chi connectivity index (χ1n) is 7.58. The Balaban J connectivity index is 1.68. The molecule has 0 radical (unpaired) electrons. The lowest BCUT2D eigenvalue weighted by molar-refractivity contribution is -0.130. The predicted octanol–water partition coefficient (Wildman–Crippen LogP) is 1.36. The van der Waals surface area contributed by atoms with E-state index in [1.165, 1.54) is 0 Å². The fourth-order valence-corrected chi connectivity index (χ4v) is 2.20. The summed E-state index contributed by atoms with van der Waals surface area (Å²) in [5.41, 5.74) is 2.09. The number of hydrogen-bond donors (Lipinski definition) is 1. The molecule has 1 heterocycles.